The first-order chi connectivity index (χ1) is 10.7. The predicted molar refractivity (Wildman–Crippen MR) is 94.7 cm³/mol. The monoisotopic (exact) mass is 284 g/mol. The Morgan fingerprint density at radius 2 is 1.68 bits per heavy atom. The van der Waals surface area contributed by atoms with Crippen molar-refractivity contribution in [2.75, 3.05) is 0 Å². The molecule has 0 aliphatic heterocycles. The zero-order valence-electron chi connectivity index (χ0n) is 13.1. The molecule has 2 aliphatic rings. The molecule has 1 unspecified atom stereocenters. The number of fused-ring (bicyclic) bond motifs is 2. The Bertz CT molecular complexity index is 831. The highest BCUT2D eigenvalue weighted by Gasteiger charge is 2.22. The summed E-state index contributed by atoms with van der Waals surface area (Å²) in [4.78, 5) is 0. The van der Waals surface area contributed by atoms with Crippen LogP contribution in [0.1, 0.15) is 23.6 Å². The van der Waals surface area contributed by atoms with Crippen molar-refractivity contribution in [3.05, 3.63) is 89.0 Å². The van der Waals surface area contributed by atoms with Gasteiger partial charge in [0.05, 0.1) is 0 Å². The number of rotatable bonds is 1. The lowest BCUT2D eigenvalue weighted by Crippen LogP contribution is -1.91. The zero-order valence-corrected chi connectivity index (χ0v) is 13.1. The van der Waals surface area contributed by atoms with Gasteiger partial charge < -0.3 is 0 Å². The van der Waals surface area contributed by atoms with Crippen LogP contribution >= 0.6 is 0 Å². The van der Waals surface area contributed by atoms with Crippen molar-refractivity contribution in [3.63, 3.8) is 0 Å². The Labute approximate surface area is 132 Å². The summed E-state index contributed by atoms with van der Waals surface area (Å²) in [5.74, 6) is 0.522. The maximum absolute atomic E-state index is 2.32. The molecule has 108 valence electrons. The summed E-state index contributed by atoms with van der Waals surface area (Å²) in [5.41, 5.74) is 9.77. The van der Waals surface area contributed by atoms with E-state index in [1.807, 2.05) is 0 Å². The van der Waals surface area contributed by atoms with Crippen molar-refractivity contribution < 1.29 is 0 Å². The molecule has 2 aliphatic carbocycles. The van der Waals surface area contributed by atoms with Crippen LogP contribution in [0, 0.1) is 12.8 Å². The molecule has 22 heavy (non-hydrogen) atoms. The lowest BCUT2D eigenvalue weighted by molar-refractivity contribution is 0.940. The minimum Gasteiger partial charge on any atom is -0.0776 e. The minimum atomic E-state index is 0.522. The molecule has 0 spiro atoms. The molecule has 0 nitrogen and oxygen atoms in total. The first-order valence-corrected chi connectivity index (χ1v) is 8.01. The molecule has 4 rings (SSSR count). The van der Waals surface area contributed by atoms with Crippen LogP contribution in [0.15, 0.2) is 72.3 Å². The SMILES string of the molecule is Cc1cccc(-c2cccc3c2CC2=C3C=CC(C)C=C2)c1. The van der Waals surface area contributed by atoms with Crippen molar-refractivity contribution in [1.82, 2.24) is 0 Å². The van der Waals surface area contributed by atoms with Gasteiger partial charge in [-0.1, -0.05) is 79.3 Å². The maximum Gasteiger partial charge on any atom is -0.000740 e. The van der Waals surface area contributed by atoms with E-state index in [1.165, 1.54) is 39.0 Å². The molecule has 2 aromatic carbocycles. The Kier molecular flexibility index (Phi) is 3.11. The lowest BCUT2D eigenvalue weighted by Gasteiger charge is -2.10. The third kappa shape index (κ3) is 2.16. The third-order valence-electron chi connectivity index (χ3n) is 4.68. The Morgan fingerprint density at radius 3 is 2.55 bits per heavy atom. The van der Waals surface area contributed by atoms with Crippen molar-refractivity contribution in [2.45, 2.75) is 20.3 Å². The molecule has 0 aromatic heterocycles. The first-order valence-electron chi connectivity index (χ1n) is 8.01. The van der Waals surface area contributed by atoms with Crippen LogP contribution in [-0.4, -0.2) is 0 Å². The molecular weight excluding hydrogens is 264 g/mol. The summed E-state index contributed by atoms with van der Waals surface area (Å²) in [6.07, 6.45) is 10.3. The van der Waals surface area contributed by atoms with Gasteiger partial charge >= 0.3 is 0 Å². The molecule has 0 saturated carbocycles. The van der Waals surface area contributed by atoms with Gasteiger partial charge in [0.2, 0.25) is 0 Å². The van der Waals surface area contributed by atoms with Gasteiger partial charge in [-0.25, -0.2) is 0 Å². The van der Waals surface area contributed by atoms with E-state index < -0.39 is 0 Å². The minimum absolute atomic E-state index is 0.522. The van der Waals surface area contributed by atoms with Crippen LogP contribution in [0.4, 0.5) is 0 Å². The molecule has 0 saturated heterocycles. The van der Waals surface area contributed by atoms with E-state index in [0.29, 0.717) is 5.92 Å². The third-order valence-corrected chi connectivity index (χ3v) is 4.68. The number of aryl methyl sites for hydroxylation is 1. The highest BCUT2D eigenvalue weighted by Crippen LogP contribution is 2.41. The topological polar surface area (TPSA) is 0 Å². The van der Waals surface area contributed by atoms with E-state index in [-0.39, 0.29) is 0 Å². The number of benzene rings is 2. The molecule has 0 fully saturated rings. The normalized spacial score (nSPS) is 19.1. The highest BCUT2D eigenvalue weighted by molar-refractivity contribution is 5.89. The van der Waals surface area contributed by atoms with Gasteiger partial charge in [0.15, 0.2) is 0 Å². The predicted octanol–water partition coefficient (Wildman–Crippen LogP) is 5.73. The average molecular weight is 284 g/mol. The van der Waals surface area contributed by atoms with Crippen LogP contribution in [-0.2, 0) is 6.42 Å². The average Bonchev–Trinajstić information content (AvgIpc) is 2.78. The second-order valence-electron chi connectivity index (χ2n) is 6.39. The summed E-state index contributed by atoms with van der Waals surface area (Å²) in [5, 5.41) is 0. The molecule has 0 radical (unpaired) electrons. The van der Waals surface area contributed by atoms with Gasteiger partial charge in [-0.05, 0) is 52.7 Å². The smallest absolute Gasteiger partial charge is 0.000740 e. The highest BCUT2D eigenvalue weighted by atomic mass is 14.3. The van der Waals surface area contributed by atoms with Gasteiger partial charge in [-0.15, -0.1) is 0 Å². The van der Waals surface area contributed by atoms with Crippen LogP contribution in [0.25, 0.3) is 16.7 Å². The van der Waals surface area contributed by atoms with Crippen molar-refractivity contribution in [2.24, 2.45) is 5.92 Å². The van der Waals surface area contributed by atoms with E-state index >= 15 is 0 Å². The van der Waals surface area contributed by atoms with Crippen LogP contribution in [0.3, 0.4) is 0 Å². The molecule has 0 heterocycles. The molecule has 0 amide bonds. The fourth-order valence-electron chi connectivity index (χ4n) is 3.50. The molecule has 0 bridgehead atoms. The second-order valence-corrected chi connectivity index (χ2v) is 6.39. The van der Waals surface area contributed by atoms with Gasteiger partial charge in [-0.2, -0.15) is 0 Å². The van der Waals surface area contributed by atoms with Crippen molar-refractivity contribution >= 4 is 5.57 Å². The quantitative estimate of drug-likeness (QED) is 0.627. The van der Waals surface area contributed by atoms with E-state index in [1.54, 1.807) is 0 Å². The van der Waals surface area contributed by atoms with Crippen molar-refractivity contribution in [1.29, 1.82) is 0 Å². The number of hydrogen-bond acceptors (Lipinski definition) is 0. The first kappa shape index (κ1) is 13.3. The second kappa shape index (κ2) is 5.14. The fraction of sp³-hybridized carbons (Fsp3) is 0.182. The molecule has 0 N–H and O–H groups in total. The van der Waals surface area contributed by atoms with Crippen LogP contribution in [0.2, 0.25) is 0 Å². The summed E-state index contributed by atoms with van der Waals surface area (Å²) in [7, 11) is 0. The molecular formula is C22H20. The summed E-state index contributed by atoms with van der Waals surface area (Å²) < 4.78 is 0. The largest absolute Gasteiger partial charge is 0.0776 e. The molecule has 0 heteroatoms. The van der Waals surface area contributed by atoms with Crippen LogP contribution in [0.5, 0.6) is 0 Å². The van der Waals surface area contributed by atoms with E-state index in [2.05, 4.69) is 80.6 Å². The Hall–Kier alpha value is -2.34. The Morgan fingerprint density at radius 1 is 0.909 bits per heavy atom. The summed E-state index contributed by atoms with van der Waals surface area (Å²) in [6, 6.07) is 15.5. The molecule has 2 aromatic rings. The van der Waals surface area contributed by atoms with Crippen molar-refractivity contribution in [3.8, 4) is 11.1 Å². The number of allylic oxidation sites excluding steroid dienone is 6. The van der Waals surface area contributed by atoms with Gasteiger partial charge in [0.1, 0.15) is 0 Å². The molecule has 1 atom stereocenters. The van der Waals surface area contributed by atoms with E-state index in [4.69, 9.17) is 0 Å². The zero-order chi connectivity index (χ0) is 15.1. The van der Waals surface area contributed by atoms with Crippen LogP contribution < -0.4 is 0 Å². The van der Waals surface area contributed by atoms with Gasteiger partial charge in [-0.3, -0.25) is 0 Å². The fourth-order valence-corrected chi connectivity index (χ4v) is 3.50. The standard InChI is InChI=1S/C22H20/c1-15-9-11-18-14-22-19(17-6-3-5-16(2)13-17)7-4-8-21(22)20(18)12-10-15/h3-13,15H,14H2,1-2H3. The van der Waals surface area contributed by atoms with Gasteiger partial charge in [0.25, 0.3) is 0 Å². The van der Waals surface area contributed by atoms with E-state index in [0.717, 1.165) is 6.42 Å². The summed E-state index contributed by atoms with van der Waals surface area (Å²) >= 11 is 0. The maximum atomic E-state index is 2.32. The van der Waals surface area contributed by atoms with Gasteiger partial charge in [0, 0.05) is 0 Å². The lowest BCUT2D eigenvalue weighted by atomic mass is 9.94. The van der Waals surface area contributed by atoms with E-state index in [9.17, 15) is 0 Å². The number of hydrogen-bond donors (Lipinski definition) is 0. The Balaban J connectivity index is 1.85. The summed E-state index contributed by atoms with van der Waals surface area (Å²) in [6.45, 7) is 4.40.